The zero-order valence-electron chi connectivity index (χ0n) is 12.6. The lowest BCUT2D eigenvalue weighted by molar-refractivity contribution is -0.118. The number of nitrogens with two attached hydrogens (primary N) is 1. The molecule has 1 aromatic heterocycles. The Balaban J connectivity index is 2.28. The van der Waals surface area contributed by atoms with Crippen LogP contribution >= 0.6 is 11.6 Å². The summed E-state index contributed by atoms with van der Waals surface area (Å²) in [7, 11) is 0. The Kier molecular flexibility index (Phi) is 3.98. The number of carbonyl (C=O) groups is 1. The molecule has 0 radical (unpaired) electrons. The molecule has 1 aromatic carbocycles. The van der Waals surface area contributed by atoms with E-state index in [0.717, 1.165) is 0 Å². The van der Waals surface area contributed by atoms with Crippen LogP contribution in [0.25, 0.3) is 0 Å². The van der Waals surface area contributed by atoms with Crippen molar-refractivity contribution in [3.63, 3.8) is 0 Å². The van der Waals surface area contributed by atoms with E-state index in [1.165, 1.54) is 6.92 Å². The molecular formula is C15H14ClN5O3. The van der Waals surface area contributed by atoms with Gasteiger partial charge in [-0.3, -0.25) is 14.6 Å². The summed E-state index contributed by atoms with van der Waals surface area (Å²) in [4.78, 5) is 31.4. The number of carbonyl (C=O) groups excluding carboxylic acids is 1. The Morgan fingerprint density at radius 2 is 2.00 bits per heavy atom. The number of rotatable bonds is 2. The molecule has 9 heteroatoms. The maximum atomic E-state index is 12.5. The average Bonchev–Trinajstić information content (AvgIpc) is 2.53. The monoisotopic (exact) mass is 347 g/mol. The molecule has 0 aliphatic carbocycles. The van der Waals surface area contributed by atoms with E-state index in [-0.39, 0.29) is 23.0 Å². The third kappa shape index (κ3) is 2.61. The summed E-state index contributed by atoms with van der Waals surface area (Å²) >= 11 is 5.92. The zero-order valence-corrected chi connectivity index (χ0v) is 13.3. The molecule has 1 aliphatic rings. The van der Waals surface area contributed by atoms with Crippen LogP contribution in [0.4, 0.5) is 11.8 Å². The van der Waals surface area contributed by atoms with Gasteiger partial charge in [0.25, 0.3) is 5.56 Å². The molecule has 124 valence electrons. The summed E-state index contributed by atoms with van der Waals surface area (Å²) in [5, 5.41) is 15.4. The van der Waals surface area contributed by atoms with Crippen molar-refractivity contribution in [1.82, 2.24) is 9.97 Å². The molecule has 8 nitrogen and oxygen atoms in total. The molecule has 1 amide bonds. The number of aromatic nitrogens is 2. The van der Waals surface area contributed by atoms with E-state index in [2.05, 4.69) is 20.4 Å². The smallest absolute Gasteiger partial charge is 0.258 e. The molecule has 0 fully saturated rings. The first-order chi connectivity index (χ1) is 11.4. The molecule has 3 rings (SSSR count). The molecule has 0 bridgehead atoms. The van der Waals surface area contributed by atoms with Crippen molar-refractivity contribution in [2.75, 3.05) is 11.1 Å². The minimum absolute atomic E-state index is 0.0973. The van der Waals surface area contributed by atoms with Gasteiger partial charge in [-0.2, -0.15) is 4.98 Å². The van der Waals surface area contributed by atoms with E-state index >= 15 is 0 Å². The summed E-state index contributed by atoms with van der Waals surface area (Å²) < 4.78 is 0. The number of oxime groups is 1. The SMILES string of the molecule is C/C(=N\O)[C@@H]1C(=O)Nc2nc(N)[nH]c(=O)c2[C@H]1c1ccc(Cl)cc1. The lowest BCUT2D eigenvalue weighted by Crippen LogP contribution is -2.42. The third-order valence-electron chi connectivity index (χ3n) is 3.98. The Labute approximate surface area is 141 Å². The largest absolute Gasteiger partial charge is 0.411 e. The lowest BCUT2D eigenvalue weighted by Gasteiger charge is -2.31. The minimum atomic E-state index is -0.866. The predicted molar refractivity (Wildman–Crippen MR) is 89.6 cm³/mol. The summed E-state index contributed by atoms with van der Waals surface area (Å²) in [5.41, 5.74) is 6.18. The second kappa shape index (κ2) is 5.97. The van der Waals surface area contributed by atoms with Crippen LogP contribution < -0.4 is 16.6 Å². The molecular weight excluding hydrogens is 334 g/mol. The maximum absolute atomic E-state index is 12.5. The Morgan fingerprint density at radius 3 is 2.62 bits per heavy atom. The number of nitrogens with zero attached hydrogens (tertiary/aromatic N) is 2. The fourth-order valence-corrected chi connectivity index (χ4v) is 3.04. The number of hydrogen-bond donors (Lipinski definition) is 4. The van der Waals surface area contributed by atoms with Gasteiger partial charge in [0.1, 0.15) is 5.82 Å². The lowest BCUT2D eigenvalue weighted by atomic mass is 9.76. The number of aromatic amines is 1. The number of nitrogen functional groups attached to an aromatic ring is 1. The standard InChI is InChI=1S/C15H14ClN5O3/c1-6(21-24)9-10(7-2-4-8(16)5-3-7)11-12(18-13(9)22)19-15(17)20-14(11)23/h2-5,9-10,24H,1H3,(H4,17,18,19,20,22,23)/b21-6+/t9-,10-/m0/s1. The van der Waals surface area contributed by atoms with Crippen LogP contribution in [0.2, 0.25) is 5.02 Å². The number of H-pyrrole nitrogens is 1. The van der Waals surface area contributed by atoms with Crippen molar-refractivity contribution in [1.29, 1.82) is 0 Å². The van der Waals surface area contributed by atoms with Gasteiger partial charge >= 0.3 is 0 Å². The van der Waals surface area contributed by atoms with Gasteiger partial charge in [-0.25, -0.2) is 0 Å². The third-order valence-corrected chi connectivity index (χ3v) is 4.23. The van der Waals surface area contributed by atoms with Crippen LogP contribution in [0.1, 0.15) is 24.0 Å². The van der Waals surface area contributed by atoms with Crippen molar-refractivity contribution < 1.29 is 10.0 Å². The van der Waals surface area contributed by atoms with Gasteiger partial charge in [-0.1, -0.05) is 28.9 Å². The number of nitrogens with one attached hydrogen (secondary N) is 2. The van der Waals surface area contributed by atoms with Crippen molar-refractivity contribution in [3.05, 3.63) is 50.8 Å². The highest BCUT2D eigenvalue weighted by Gasteiger charge is 2.41. The van der Waals surface area contributed by atoms with Gasteiger partial charge in [0, 0.05) is 10.9 Å². The molecule has 0 saturated heterocycles. The van der Waals surface area contributed by atoms with Crippen molar-refractivity contribution in [2.24, 2.45) is 11.1 Å². The van der Waals surface area contributed by atoms with Gasteiger partial charge in [0.15, 0.2) is 0 Å². The van der Waals surface area contributed by atoms with Crippen LogP contribution in [0.5, 0.6) is 0 Å². The van der Waals surface area contributed by atoms with Crippen molar-refractivity contribution in [3.8, 4) is 0 Å². The first-order valence-electron chi connectivity index (χ1n) is 7.07. The normalized spacial score (nSPS) is 20.4. The first-order valence-corrected chi connectivity index (χ1v) is 7.44. The fraction of sp³-hybridized carbons (Fsp3) is 0.200. The summed E-state index contributed by atoms with van der Waals surface area (Å²) in [6, 6.07) is 6.74. The number of hydrogen-bond acceptors (Lipinski definition) is 6. The Hall–Kier alpha value is -2.87. The van der Waals surface area contributed by atoms with Gasteiger partial charge < -0.3 is 16.3 Å². The van der Waals surface area contributed by atoms with E-state index in [1.54, 1.807) is 24.3 Å². The van der Waals surface area contributed by atoms with Gasteiger partial charge in [-0.15, -0.1) is 0 Å². The van der Waals surface area contributed by atoms with E-state index in [0.29, 0.717) is 10.6 Å². The van der Waals surface area contributed by atoms with Crippen LogP contribution in [0.15, 0.2) is 34.2 Å². The van der Waals surface area contributed by atoms with Crippen molar-refractivity contribution in [2.45, 2.75) is 12.8 Å². The van der Waals surface area contributed by atoms with E-state index in [4.69, 9.17) is 22.5 Å². The van der Waals surface area contributed by atoms with Crippen LogP contribution in [0.3, 0.4) is 0 Å². The number of halogens is 1. The fourth-order valence-electron chi connectivity index (χ4n) is 2.92. The second-order valence-electron chi connectivity index (χ2n) is 5.45. The molecule has 24 heavy (non-hydrogen) atoms. The van der Waals surface area contributed by atoms with E-state index < -0.39 is 23.3 Å². The second-order valence-corrected chi connectivity index (χ2v) is 5.89. The molecule has 0 unspecified atom stereocenters. The van der Waals surface area contributed by atoms with E-state index in [9.17, 15) is 9.59 Å². The Morgan fingerprint density at radius 1 is 1.33 bits per heavy atom. The van der Waals surface area contributed by atoms with Crippen LogP contribution in [0, 0.1) is 5.92 Å². The molecule has 0 spiro atoms. The minimum Gasteiger partial charge on any atom is -0.411 e. The number of benzene rings is 1. The van der Waals surface area contributed by atoms with Crippen molar-refractivity contribution >= 4 is 35.0 Å². The maximum Gasteiger partial charge on any atom is 0.258 e. The summed E-state index contributed by atoms with van der Waals surface area (Å²) in [6.45, 7) is 1.51. The van der Waals surface area contributed by atoms with Gasteiger partial charge in [0.2, 0.25) is 11.9 Å². The predicted octanol–water partition coefficient (Wildman–Crippen LogP) is 1.56. The first kappa shape index (κ1) is 16.0. The molecule has 2 atom stereocenters. The highest BCUT2D eigenvalue weighted by atomic mass is 35.5. The van der Waals surface area contributed by atoms with E-state index in [1.807, 2.05) is 0 Å². The zero-order chi connectivity index (χ0) is 17.4. The highest BCUT2D eigenvalue weighted by Crippen LogP contribution is 2.39. The van der Waals surface area contributed by atoms with Crippen LogP contribution in [-0.4, -0.2) is 26.8 Å². The number of amides is 1. The molecule has 0 saturated carbocycles. The average molecular weight is 348 g/mol. The Bertz CT molecular complexity index is 891. The molecule has 5 N–H and O–H groups in total. The molecule has 2 heterocycles. The summed E-state index contributed by atoms with van der Waals surface area (Å²) in [6.07, 6.45) is 0. The topological polar surface area (TPSA) is 133 Å². The van der Waals surface area contributed by atoms with Gasteiger partial charge in [-0.05, 0) is 24.6 Å². The van der Waals surface area contributed by atoms with Gasteiger partial charge in [0.05, 0.1) is 17.2 Å². The number of fused-ring (bicyclic) bond motifs is 1. The molecule has 1 aliphatic heterocycles. The molecule has 2 aromatic rings. The highest BCUT2D eigenvalue weighted by molar-refractivity contribution is 6.30. The van der Waals surface area contributed by atoms with Crippen LogP contribution in [-0.2, 0) is 4.79 Å². The summed E-state index contributed by atoms with van der Waals surface area (Å²) in [5.74, 6) is -1.98. The number of anilines is 2. The quantitative estimate of drug-likeness (QED) is 0.371.